The number of carbonyl (C=O) groups excluding carboxylic acids is 1. The topological polar surface area (TPSA) is 104 Å². The molecule has 32 heavy (non-hydrogen) atoms. The maximum atomic E-state index is 13.1. The highest BCUT2D eigenvalue weighted by atomic mass is 32.2. The van der Waals surface area contributed by atoms with Crippen LogP contribution in [0.25, 0.3) is 0 Å². The Bertz CT molecular complexity index is 1150. The summed E-state index contributed by atoms with van der Waals surface area (Å²) in [6.45, 7) is 1.33. The molecule has 174 valence electrons. The SMILES string of the molecule is CS(=O)(=O)Cc1ccc(CNC(=O)N2CCCN(S(=O)(=O)c3ccc(F)cc3)CC2)cc1. The molecule has 0 saturated carbocycles. The molecule has 0 atom stereocenters. The van der Waals surface area contributed by atoms with Gasteiger partial charge in [0.1, 0.15) is 5.82 Å². The normalized spacial score (nSPS) is 15.9. The molecule has 1 saturated heterocycles. The predicted octanol–water partition coefficient (Wildman–Crippen LogP) is 1.98. The lowest BCUT2D eigenvalue weighted by atomic mass is 10.1. The van der Waals surface area contributed by atoms with Gasteiger partial charge in [0.15, 0.2) is 9.84 Å². The molecule has 0 unspecified atom stereocenters. The number of nitrogens with one attached hydrogen (secondary N) is 1. The van der Waals surface area contributed by atoms with Crippen LogP contribution >= 0.6 is 0 Å². The van der Waals surface area contributed by atoms with Crippen molar-refractivity contribution in [3.05, 3.63) is 65.5 Å². The lowest BCUT2D eigenvalue weighted by molar-refractivity contribution is 0.200. The zero-order valence-corrected chi connectivity index (χ0v) is 19.3. The first-order valence-electron chi connectivity index (χ1n) is 10.1. The molecule has 2 aromatic carbocycles. The van der Waals surface area contributed by atoms with Crippen LogP contribution in [0.1, 0.15) is 17.5 Å². The van der Waals surface area contributed by atoms with Gasteiger partial charge in [0.2, 0.25) is 10.0 Å². The van der Waals surface area contributed by atoms with Gasteiger partial charge < -0.3 is 10.2 Å². The maximum Gasteiger partial charge on any atom is 0.317 e. The molecular formula is C21H26FN3O5S2. The highest BCUT2D eigenvalue weighted by Crippen LogP contribution is 2.18. The first-order chi connectivity index (χ1) is 15.0. The van der Waals surface area contributed by atoms with Gasteiger partial charge in [-0.1, -0.05) is 24.3 Å². The summed E-state index contributed by atoms with van der Waals surface area (Å²) in [5.41, 5.74) is 1.50. The average molecular weight is 484 g/mol. The van der Waals surface area contributed by atoms with Gasteiger partial charge in [0.05, 0.1) is 10.6 Å². The highest BCUT2D eigenvalue weighted by Gasteiger charge is 2.28. The first kappa shape index (κ1) is 24.1. The minimum Gasteiger partial charge on any atom is -0.334 e. The Morgan fingerprint density at radius 2 is 1.53 bits per heavy atom. The molecule has 0 spiro atoms. The molecule has 2 amide bonds. The van der Waals surface area contributed by atoms with Crippen LogP contribution in [0, 0.1) is 5.82 Å². The van der Waals surface area contributed by atoms with Crippen LogP contribution in [-0.4, -0.2) is 64.5 Å². The fraction of sp³-hybridized carbons (Fsp3) is 0.381. The van der Waals surface area contributed by atoms with Gasteiger partial charge in [-0.15, -0.1) is 0 Å². The van der Waals surface area contributed by atoms with Gasteiger partial charge in [-0.05, 0) is 41.8 Å². The summed E-state index contributed by atoms with van der Waals surface area (Å²) < 4.78 is 62.8. The summed E-state index contributed by atoms with van der Waals surface area (Å²) in [6, 6.07) is 11.4. The van der Waals surface area contributed by atoms with Crippen molar-refractivity contribution in [2.24, 2.45) is 0 Å². The summed E-state index contributed by atoms with van der Waals surface area (Å²) >= 11 is 0. The third-order valence-electron chi connectivity index (χ3n) is 5.09. The molecule has 8 nitrogen and oxygen atoms in total. The second-order valence-corrected chi connectivity index (χ2v) is 11.8. The fourth-order valence-electron chi connectivity index (χ4n) is 3.44. The standard InChI is InChI=1S/C21H26FN3O5S2/c1-31(27,28)16-18-5-3-17(4-6-18)15-23-21(26)24-11-2-12-25(14-13-24)32(29,30)20-9-7-19(22)8-10-20/h3-10H,2,11-16H2,1H3,(H,23,26). The van der Waals surface area contributed by atoms with Crippen LogP contribution in [0.4, 0.5) is 9.18 Å². The average Bonchev–Trinajstić information content (AvgIpc) is 2.99. The second-order valence-electron chi connectivity index (χ2n) is 7.74. The highest BCUT2D eigenvalue weighted by molar-refractivity contribution is 7.90. The summed E-state index contributed by atoms with van der Waals surface area (Å²) in [4.78, 5) is 14.2. The fourth-order valence-corrected chi connectivity index (χ4v) is 5.71. The van der Waals surface area contributed by atoms with E-state index in [9.17, 15) is 26.0 Å². The number of rotatable bonds is 6. The summed E-state index contributed by atoms with van der Waals surface area (Å²) in [6.07, 6.45) is 1.66. The van der Waals surface area contributed by atoms with Crippen molar-refractivity contribution in [1.29, 1.82) is 0 Å². The Morgan fingerprint density at radius 3 is 2.16 bits per heavy atom. The quantitative estimate of drug-likeness (QED) is 0.677. The van der Waals surface area contributed by atoms with Crippen LogP contribution < -0.4 is 5.32 Å². The zero-order chi connectivity index (χ0) is 23.4. The maximum absolute atomic E-state index is 13.1. The predicted molar refractivity (Wildman–Crippen MR) is 119 cm³/mol. The molecule has 2 aromatic rings. The number of halogens is 1. The van der Waals surface area contributed by atoms with Gasteiger partial charge in [-0.3, -0.25) is 0 Å². The molecule has 0 aliphatic carbocycles. The van der Waals surface area contributed by atoms with Crippen molar-refractivity contribution >= 4 is 25.9 Å². The number of amides is 2. The molecule has 0 radical (unpaired) electrons. The van der Waals surface area contributed by atoms with E-state index in [1.165, 1.54) is 22.7 Å². The molecule has 1 aliphatic rings. The molecule has 1 aliphatic heterocycles. The Hall–Kier alpha value is -2.50. The molecule has 1 N–H and O–H groups in total. The molecule has 0 aromatic heterocycles. The van der Waals surface area contributed by atoms with Gasteiger partial charge in [-0.25, -0.2) is 26.0 Å². The third-order valence-corrected chi connectivity index (χ3v) is 7.86. The van der Waals surface area contributed by atoms with Gasteiger partial charge in [0.25, 0.3) is 0 Å². The molecule has 1 fully saturated rings. The molecule has 0 bridgehead atoms. The van der Waals surface area contributed by atoms with Gasteiger partial charge >= 0.3 is 6.03 Å². The lowest BCUT2D eigenvalue weighted by Crippen LogP contribution is -2.42. The summed E-state index contributed by atoms with van der Waals surface area (Å²) in [5, 5.41) is 2.81. The van der Waals surface area contributed by atoms with Crippen LogP contribution in [0.3, 0.4) is 0 Å². The van der Waals surface area contributed by atoms with E-state index < -0.39 is 25.7 Å². The number of nitrogens with zero attached hydrogens (tertiary/aromatic N) is 2. The molecule has 1 heterocycles. The summed E-state index contributed by atoms with van der Waals surface area (Å²) in [7, 11) is -6.87. The van der Waals surface area contributed by atoms with E-state index in [2.05, 4.69) is 5.32 Å². The van der Waals surface area contributed by atoms with E-state index >= 15 is 0 Å². The number of benzene rings is 2. The number of urea groups is 1. The van der Waals surface area contributed by atoms with E-state index in [1.807, 2.05) is 0 Å². The van der Waals surface area contributed by atoms with Gasteiger partial charge in [-0.2, -0.15) is 4.31 Å². The Morgan fingerprint density at radius 1 is 0.906 bits per heavy atom. The van der Waals surface area contributed by atoms with Crippen molar-refractivity contribution in [2.75, 3.05) is 32.4 Å². The van der Waals surface area contributed by atoms with E-state index in [4.69, 9.17) is 0 Å². The Balaban J connectivity index is 1.55. The minimum absolute atomic E-state index is 0.0242. The van der Waals surface area contributed by atoms with Crippen molar-refractivity contribution in [1.82, 2.24) is 14.5 Å². The minimum atomic E-state index is -3.76. The van der Waals surface area contributed by atoms with Crippen LogP contribution in [0.15, 0.2) is 53.4 Å². The number of sulfone groups is 1. The lowest BCUT2D eigenvalue weighted by Gasteiger charge is -2.22. The first-order valence-corrected chi connectivity index (χ1v) is 13.6. The third kappa shape index (κ3) is 6.50. The van der Waals surface area contributed by atoms with Crippen LogP contribution in [0.5, 0.6) is 0 Å². The van der Waals surface area contributed by atoms with Crippen molar-refractivity contribution < 1.29 is 26.0 Å². The summed E-state index contributed by atoms with van der Waals surface area (Å²) in [5.74, 6) is -0.544. The molecule has 11 heteroatoms. The van der Waals surface area contributed by atoms with E-state index in [1.54, 1.807) is 29.2 Å². The number of sulfonamides is 1. The monoisotopic (exact) mass is 483 g/mol. The van der Waals surface area contributed by atoms with Crippen molar-refractivity contribution in [3.63, 3.8) is 0 Å². The number of carbonyl (C=O) groups is 1. The van der Waals surface area contributed by atoms with E-state index in [0.29, 0.717) is 18.5 Å². The van der Waals surface area contributed by atoms with E-state index in [-0.39, 0.29) is 42.9 Å². The number of hydrogen-bond acceptors (Lipinski definition) is 5. The van der Waals surface area contributed by atoms with Crippen LogP contribution in [0.2, 0.25) is 0 Å². The van der Waals surface area contributed by atoms with Gasteiger partial charge in [0, 0.05) is 39.0 Å². The van der Waals surface area contributed by atoms with Crippen LogP contribution in [-0.2, 0) is 32.2 Å². The Kier molecular flexibility index (Phi) is 7.52. The smallest absolute Gasteiger partial charge is 0.317 e. The Labute approximate surface area is 188 Å². The second kappa shape index (κ2) is 9.97. The molecular weight excluding hydrogens is 457 g/mol. The molecule has 3 rings (SSSR count). The largest absolute Gasteiger partial charge is 0.334 e. The van der Waals surface area contributed by atoms with Crippen molar-refractivity contribution in [3.8, 4) is 0 Å². The number of hydrogen-bond donors (Lipinski definition) is 1. The van der Waals surface area contributed by atoms with Crippen molar-refractivity contribution in [2.45, 2.75) is 23.6 Å². The zero-order valence-electron chi connectivity index (χ0n) is 17.7. The van der Waals surface area contributed by atoms with E-state index in [0.717, 1.165) is 17.7 Å².